The minimum Gasteiger partial charge on any atom is -0.477 e. The zero-order valence-electron chi connectivity index (χ0n) is 19.9. The van der Waals surface area contributed by atoms with Gasteiger partial charge in [0.05, 0.1) is 41.9 Å². The standard InChI is InChI=1S/C26H20FN9O/c1-17(18-3-6-25(31-11-18)35-15-21(27)14-33-35)34(2)24-5-4-19(12-30-24)23-9-22(37-8-7-28)16-36-26(23)20(10-29)13-32-36/h3-6,9,11-17H,8H2,1-2H3/t17-/m0/s1. The number of pyridine rings is 3. The summed E-state index contributed by atoms with van der Waals surface area (Å²) in [5.41, 5.74) is 3.49. The number of aromatic nitrogens is 6. The highest BCUT2D eigenvalue weighted by molar-refractivity contribution is 5.85. The number of anilines is 1. The normalized spacial score (nSPS) is 11.6. The van der Waals surface area contributed by atoms with Gasteiger partial charge in [-0.25, -0.2) is 23.6 Å². The van der Waals surface area contributed by atoms with Crippen molar-refractivity contribution in [3.63, 3.8) is 0 Å². The lowest BCUT2D eigenvalue weighted by molar-refractivity contribution is 0.366. The first-order chi connectivity index (χ1) is 18.0. The molecule has 37 heavy (non-hydrogen) atoms. The molecular weight excluding hydrogens is 473 g/mol. The highest BCUT2D eigenvalue weighted by Gasteiger charge is 2.17. The molecule has 0 fully saturated rings. The van der Waals surface area contributed by atoms with E-state index in [1.165, 1.54) is 17.1 Å². The Morgan fingerprint density at radius 2 is 1.92 bits per heavy atom. The van der Waals surface area contributed by atoms with E-state index in [1.807, 2.05) is 43.1 Å². The van der Waals surface area contributed by atoms with E-state index >= 15 is 0 Å². The zero-order valence-corrected chi connectivity index (χ0v) is 19.9. The molecule has 1 atom stereocenters. The molecule has 5 heterocycles. The Hall–Kier alpha value is -5.29. The lowest BCUT2D eigenvalue weighted by Crippen LogP contribution is -2.22. The number of ether oxygens (including phenoxy) is 1. The summed E-state index contributed by atoms with van der Waals surface area (Å²) in [6, 6.07) is 13.3. The Bertz CT molecular complexity index is 1640. The number of halogens is 1. The van der Waals surface area contributed by atoms with Crippen molar-refractivity contribution in [2.75, 3.05) is 18.6 Å². The van der Waals surface area contributed by atoms with Crippen molar-refractivity contribution in [3.05, 3.63) is 84.5 Å². The Morgan fingerprint density at radius 3 is 2.57 bits per heavy atom. The molecule has 0 bridgehead atoms. The summed E-state index contributed by atoms with van der Waals surface area (Å²) in [4.78, 5) is 11.1. The molecule has 5 aromatic heterocycles. The van der Waals surface area contributed by atoms with Gasteiger partial charge in [-0.1, -0.05) is 6.07 Å². The lowest BCUT2D eigenvalue weighted by atomic mass is 10.0. The quantitative estimate of drug-likeness (QED) is 0.332. The van der Waals surface area contributed by atoms with Gasteiger partial charge in [-0.2, -0.15) is 20.7 Å². The molecule has 0 aliphatic rings. The summed E-state index contributed by atoms with van der Waals surface area (Å²) in [6.45, 7) is 1.93. The van der Waals surface area contributed by atoms with Gasteiger partial charge >= 0.3 is 0 Å². The van der Waals surface area contributed by atoms with Gasteiger partial charge in [-0.15, -0.1) is 0 Å². The van der Waals surface area contributed by atoms with Crippen LogP contribution in [0.15, 0.2) is 67.5 Å². The summed E-state index contributed by atoms with van der Waals surface area (Å²) in [5, 5.41) is 26.6. The summed E-state index contributed by atoms with van der Waals surface area (Å²) in [6.07, 6.45) is 8.99. The maximum absolute atomic E-state index is 13.3. The molecule has 5 aromatic rings. The molecular formula is C26H20FN9O. The highest BCUT2D eigenvalue weighted by Crippen LogP contribution is 2.32. The van der Waals surface area contributed by atoms with Crippen LogP contribution in [0, 0.1) is 28.5 Å². The molecule has 0 unspecified atom stereocenters. The van der Waals surface area contributed by atoms with E-state index < -0.39 is 5.82 Å². The predicted octanol–water partition coefficient (Wildman–Crippen LogP) is 4.09. The van der Waals surface area contributed by atoms with Crippen molar-refractivity contribution >= 4 is 11.3 Å². The number of hydrogen-bond acceptors (Lipinski definition) is 8. The average Bonchev–Trinajstić information content (AvgIpc) is 3.56. The van der Waals surface area contributed by atoms with Gasteiger partial charge in [-0.3, -0.25) is 0 Å². The van der Waals surface area contributed by atoms with Crippen LogP contribution in [0.4, 0.5) is 10.2 Å². The fraction of sp³-hybridized carbons (Fsp3) is 0.154. The fourth-order valence-corrected chi connectivity index (χ4v) is 3.98. The molecule has 0 N–H and O–H groups in total. The maximum Gasteiger partial charge on any atom is 0.174 e. The molecule has 0 aliphatic heterocycles. The summed E-state index contributed by atoms with van der Waals surface area (Å²) < 4.78 is 21.7. The van der Waals surface area contributed by atoms with E-state index in [0.717, 1.165) is 23.1 Å². The molecule has 5 rings (SSSR count). The second-order valence-corrected chi connectivity index (χ2v) is 8.24. The third-order valence-corrected chi connectivity index (χ3v) is 6.05. The monoisotopic (exact) mass is 493 g/mol. The maximum atomic E-state index is 13.3. The van der Waals surface area contributed by atoms with E-state index in [9.17, 15) is 9.65 Å². The van der Waals surface area contributed by atoms with Crippen molar-refractivity contribution in [1.82, 2.24) is 29.4 Å². The molecule has 0 saturated heterocycles. The predicted molar refractivity (Wildman–Crippen MR) is 132 cm³/mol. The van der Waals surface area contributed by atoms with E-state index in [2.05, 4.69) is 26.2 Å². The number of nitrogens with zero attached hydrogens (tertiary/aromatic N) is 9. The number of nitriles is 2. The van der Waals surface area contributed by atoms with Gasteiger partial charge in [0.25, 0.3) is 0 Å². The molecule has 10 nitrogen and oxygen atoms in total. The van der Waals surface area contributed by atoms with Crippen LogP contribution in [0.5, 0.6) is 5.75 Å². The molecule has 0 aromatic carbocycles. The molecule has 182 valence electrons. The van der Waals surface area contributed by atoms with Crippen LogP contribution < -0.4 is 9.64 Å². The van der Waals surface area contributed by atoms with E-state index in [0.29, 0.717) is 28.2 Å². The first-order valence-electron chi connectivity index (χ1n) is 11.3. The summed E-state index contributed by atoms with van der Waals surface area (Å²) in [5.74, 6) is 1.29. The third kappa shape index (κ3) is 4.54. The zero-order chi connectivity index (χ0) is 25.9. The Labute approximate surface area is 211 Å². The second-order valence-electron chi connectivity index (χ2n) is 8.24. The third-order valence-electron chi connectivity index (χ3n) is 6.05. The molecule has 0 amide bonds. The van der Waals surface area contributed by atoms with E-state index in [-0.39, 0.29) is 12.6 Å². The average molecular weight is 494 g/mol. The lowest BCUT2D eigenvalue weighted by Gasteiger charge is -2.26. The Balaban J connectivity index is 1.41. The Kier molecular flexibility index (Phi) is 6.18. The number of rotatable bonds is 7. The van der Waals surface area contributed by atoms with Gasteiger partial charge in [0.1, 0.15) is 23.7 Å². The smallest absolute Gasteiger partial charge is 0.174 e. The van der Waals surface area contributed by atoms with Gasteiger partial charge in [0, 0.05) is 30.6 Å². The molecule has 0 spiro atoms. The van der Waals surface area contributed by atoms with Crippen LogP contribution in [0.25, 0.3) is 22.5 Å². The first-order valence-corrected chi connectivity index (χ1v) is 11.3. The van der Waals surface area contributed by atoms with E-state index in [4.69, 9.17) is 10.00 Å². The first kappa shape index (κ1) is 23.5. The van der Waals surface area contributed by atoms with Crippen molar-refractivity contribution in [1.29, 1.82) is 10.5 Å². The minimum absolute atomic E-state index is 0.0521. The van der Waals surface area contributed by atoms with E-state index in [1.54, 1.807) is 35.2 Å². The number of fused-ring (bicyclic) bond motifs is 1. The van der Waals surface area contributed by atoms with Gasteiger partial charge in [-0.05, 0) is 36.8 Å². The highest BCUT2D eigenvalue weighted by atomic mass is 19.1. The van der Waals surface area contributed by atoms with Gasteiger partial charge in [0.15, 0.2) is 18.2 Å². The van der Waals surface area contributed by atoms with Crippen LogP contribution in [0.2, 0.25) is 0 Å². The van der Waals surface area contributed by atoms with Gasteiger partial charge < -0.3 is 9.64 Å². The van der Waals surface area contributed by atoms with Crippen molar-refractivity contribution < 1.29 is 9.13 Å². The van der Waals surface area contributed by atoms with Crippen LogP contribution in [0.3, 0.4) is 0 Å². The van der Waals surface area contributed by atoms with Crippen LogP contribution in [0.1, 0.15) is 24.1 Å². The molecule has 11 heteroatoms. The molecule has 0 aliphatic carbocycles. The largest absolute Gasteiger partial charge is 0.477 e. The fourth-order valence-electron chi connectivity index (χ4n) is 3.98. The van der Waals surface area contributed by atoms with Gasteiger partial charge in [0.2, 0.25) is 0 Å². The van der Waals surface area contributed by atoms with Crippen LogP contribution in [-0.2, 0) is 0 Å². The molecule has 0 radical (unpaired) electrons. The summed E-state index contributed by atoms with van der Waals surface area (Å²) >= 11 is 0. The Morgan fingerprint density at radius 1 is 1.05 bits per heavy atom. The van der Waals surface area contributed by atoms with Crippen molar-refractivity contribution in [2.24, 2.45) is 0 Å². The van der Waals surface area contributed by atoms with Crippen molar-refractivity contribution in [3.8, 4) is 34.8 Å². The summed E-state index contributed by atoms with van der Waals surface area (Å²) in [7, 11) is 1.93. The SMILES string of the molecule is C[C@@H](c1ccc(-n2cc(F)cn2)nc1)N(C)c1ccc(-c2cc(OCC#N)cn3ncc(C#N)c23)cn1. The van der Waals surface area contributed by atoms with Crippen LogP contribution in [-0.4, -0.2) is 43.0 Å². The molecule has 0 saturated carbocycles. The van der Waals surface area contributed by atoms with Crippen molar-refractivity contribution in [2.45, 2.75) is 13.0 Å². The number of hydrogen-bond donors (Lipinski definition) is 0. The van der Waals surface area contributed by atoms with Crippen LogP contribution >= 0.6 is 0 Å². The minimum atomic E-state index is -0.423. The second kappa shape index (κ2) is 9.76. The topological polar surface area (TPSA) is 121 Å².